The Morgan fingerprint density at radius 2 is 2.10 bits per heavy atom. The first-order valence-electron chi connectivity index (χ1n) is 10.0. The highest BCUT2D eigenvalue weighted by molar-refractivity contribution is 14.1. The summed E-state index contributed by atoms with van der Waals surface area (Å²) in [5.74, 6) is -0.123. The normalized spacial score (nSPS) is 23.5. The second-order valence-electron chi connectivity index (χ2n) is 8.34. The molecule has 2 rings (SSSR count). The Morgan fingerprint density at radius 1 is 1.42 bits per heavy atom. The van der Waals surface area contributed by atoms with Gasteiger partial charge < -0.3 is 9.80 Å². The molecule has 6 nitrogen and oxygen atoms in total. The highest BCUT2D eigenvalue weighted by atomic mass is 127. The van der Waals surface area contributed by atoms with Gasteiger partial charge in [0.1, 0.15) is 11.9 Å². The zero-order chi connectivity index (χ0) is 23.3. The molecular weight excluding hydrogens is 623 g/mol. The lowest BCUT2D eigenvalue weighted by Crippen LogP contribution is -2.50. The fourth-order valence-corrected chi connectivity index (χ4v) is 4.66. The Kier molecular flexibility index (Phi) is 9.69. The Balaban J connectivity index is 2.48. The van der Waals surface area contributed by atoms with Crippen LogP contribution in [0.3, 0.4) is 0 Å². The smallest absolute Gasteiger partial charge is 0.245 e. The van der Waals surface area contributed by atoms with E-state index in [-0.39, 0.29) is 23.4 Å². The molecule has 0 N–H and O–H groups in total. The summed E-state index contributed by atoms with van der Waals surface area (Å²) in [5, 5.41) is 9.56. The molecule has 0 aromatic heterocycles. The first-order chi connectivity index (χ1) is 14.6. The molecule has 2 aliphatic rings. The van der Waals surface area contributed by atoms with E-state index < -0.39 is 5.83 Å². The number of carbonyl (C=O) groups excluding carboxylic acids is 1. The van der Waals surface area contributed by atoms with Crippen LogP contribution in [0.1, 0.15) is 27.2 Å². The molecular formula is C22H28FI2N5O. The van der Waals surface area contributed by atoms with Crippen LogP contribution in [0.25, 0.3) is 0 Å². The summed E-state index contributed by atoms with van der Waals surface area (Å²) in [7, 11) is 3.73. The van der Waals surface area contributed by atoms with Crippen molar-refractivity contribution in [1.82, 2.24) is 12.9 Å². The second kappa shape index (κ2) is 11.6. The molecule has 168 valence electrons. The van der Waals surface area contributed by atoms with Gasteiger partial charge in [0.2, 0.25) is 5.91 Å². The molecule has 9 heteroatoms. The number of rotatable bonds is 5. The van der Waals surface area contributed by atoms with Crippen LogP contribution in [-0.2, 0) is 4.79 Å². The summed E-state index contributed by atoms with van der Waals surface area (Å²) < 4.78 is 18.9. The average Bonchev–Trinajstić information content (AvgIpc) is 2.70. The minimum Gasteiger partial charge on any atom is -0.366 e. The van der Waals surface area contributed by atoms with Gasteiger partial charge in [-0.1, -0.05) is 35.1 Å². The molecule has 1 saturated heterocycles. The highest BCUT2D eigenvalue weighted by Crippen LogP contribution is 2.36. The van der Waals surface area contributed by atoms with Crippen LogP contribution in [0.2, 0.25) is 0 Å². The predicted molar refractivity (Wildman–Crippen MR) is 139 cm³/mol. The van der Waals surface area contributed by atoms with Gasteiger partial charge in [-0.25, -0.2) is 4.39 Å². The lowest BCUT2D eigenvalue weighted by atomic mass is 9.87. The van der Waals surface area contributed by atoms with Crippen molar-refractivity contribution in [3.05, 3.63) is 44.6 Å². The van der Waals surface area contributed by atoms with E-state index in [2.05, 4.69) is 63.4 Å². The molecule has 31 heavy (non-hydrogen) atoms. The summed E-state index contributed by atoms with van der Waals surface area (Å²) >= 11 is 4.15. The molecule has 1 fully saturated rings. The lowest BCUT2D eigenvalue weighted by Gasteiger charge is -2.43. The SMILES string of the molecule is CC(C)=C1C(=N/C=C\I)C(C#N)=CC(F)=C1N1C[C@@H](C)C[C@@H](N(I)C(=O)CN(C)C)C1. The van der Waals surface area contributed by atoms with Crippen molar-refractivity contribution < 1.29 is 9.18 Å². The van der Waals surface area contributed by atoms with Gasteiger partial charge in [-0.2, -0.15) is 5.26 Å². The highest BCUT2D eigenvalue weighted by Gasteiger charge is 2.36. The fraction of sp³-hybridized carbons (Fsp3) is 0.500. The maximum atomic E-state index is 15.4. The van der Waals surface area contributed by atoms with E-state index in [1.807, 2.05) is 37.7 Å². The number of likely N-dealkylation sites (tertiary alicyclic amines) is 1. The fourth-order valence-electron chi connectivity index (χ4n) is 3.94. The molecule has 1 amide bonds. The summed E-state index contributed by atoms with van der Waals surface area (Å²) in [5.41, 5.74) is 2.69. The summed E-state index contributed by atoms with van der Waals surface area (Å²) in [4.78, 5) is 20.9. The molecule has 0 spiro atoms. The first kappa shape index (κ1) is 26.0. The third-order valence-corrected chi connectivity index (χ3v) is 6.72. The molecule has 2 atom stereocenters. The van der Waals surface area contributed by atoms with Crippen molar-refractivity contribution >= 4 is 57.1 Å². The number of aliphatic imine (C=N–C) groups is 1. The Morgan fingerprint density at radius 3 is 2.65 bits per heavy atom. The van der Waals surface area contributed by atoms with Crippen molar-refractivity contribution in [2.75, 3.05) is 33.7 Å². The summed E-state index contributed by atoms with van der Waals surface area (Å²) in [6.45, 7) is 7.46. The number of allylic oxidation sites excluding steroid dienone is 5. The van der Waals surface area contributed by atoms with Crippen molar-refractivity contribution in [3.63, 3.8) is 0 Å². The lowest BCUT2D eigenvalue weighted by molar-refractivity contribution is -0.127. The quantitative estimate of drug-likeness (QED) is 0.318. The zero-order valence-electron chi connectivity index (χ0n) is 18.5. The van der Waals surface area contributed by atoms with E-state index in [4.69, 9.17) is 0 Å². The largest absolute Gasteiger partial charge is 0.366 e. The number of hydrogen-bond donors (Lipinski definition) is 0. The number of piperidine rings is 1. The van der Waals surface area contributed by atoms with E-state index in [1.54, 1.807) is 13.4 Å². The number of carbonyl (C=O) groups is 1. The molecule has 0 aromatic carbocycles. The third kappa shape index (κ3) is 6.38. The number of hydrogen-bond acceptors (Lipinski definition) is 5. The second-order valence-corrected chi connectivity index (χ2v) is 10.1. The minimum atomic E-state index is -0.433. The Hall–Kier alpha value is -1.26. The maximum Gasteiger partial charge on any atom is 0.245 e. The molecule has 0 radical (unpaired) electrons. The molecule has 0 aromatic rings. The number of likely N-dealkylation sites (N-methyl/N-ethyl adjacent to an activating group) is 1. The third-order valence-electron chi connectivity index (χ3n) is 5.07. The molecule has 0 unspecified atom stereocenters. The summed E-state index contributed by atoms with van der Waals surface area (Å²) in [6.07, 6.45) is 3.74. The Labute approximate surface area is 211 Å². The molecule has 0 bridgehead atoms. The molecule has 1 heterocycles. The average molecular weight is 651 g/mol. The van der Waals surface area contributed by atoms with Gasteiger partial charge in [0.25, 0.3) is 0 Å². The molecule has 1 aliphatic carbocycles. The van der Waals surface area contributed by atoms with Gasteiger partial charge in [-0.15, -0.1) is 0 Å². The number of amides is 1. The van der Waals surface area contributed by atoms with Gasteiger partial charge in [0, 0.05) is 24.9 Å². The van der Waals surface area contributed by atoms with E-state index in [0.717, 1.165) is 12.0 Å². The van der Waals surface area contributed by atoms with Crippen LogP contribution in [0.5, 0.6) is 0 Å². The van der Waals surface area contributed by atoms with E-state index in [9.17, 15) is 10.1 Å². The number of nitrogens with zero attached hydrogens (tertiary/aromatic N) is 5. The zero-order valence-corrected chi connectivity index (χ0v) is 22.8. The predicted octanol–water partition coefficient (Wildman–Crippen LogP) is 4.77. The van der Waals surface area contributed by atoms with Crippen molar-refractivity contribution in [3.8, 4) is 6.07 Å². The van der Waals surface area contributed by atoms with Gasteiger partial charge in [-0.05, 0) is 50.4 Å². The van der Waals surface area contributed by atoms with Crippen molar-refractivity contribution in [1.29, 1.82) is 5.26 Å². The topological polar surface area (TPSA) is 62.9 Å². The van der Waals surface area contributed by atoms with Crippen molar-refractivity contribution in [2.45, 2.75) is 33.2 Å². The number of nitriles is 1. The van der Waals surface area contributed by atoms with Crippen LogP contribution in [0.4, 0.5) is 4.39 Å². The van der Waals surface area contributed by atoms with E-state index in [0.29, 0.717) is 36.6 Å². The van der Waals surface area contributed by atoms with Gasteiger partial charge in [0.15, 0.2) is 0 Å². The van der Waals surface area contributed by atoms with Gasteiger partial charge >= 0.3 is 0 Å². The van der Waals surface area contributed by atoms with Crippen LogP contribution < -0.4 is 0 Å². The van der Waals surface area contributed by atoms with Crippen LogP contribution in [0, 0.1) is 17.2 Å². The Bertz CT molecular complexity index is 909. The van der Waals surface area contributed by atoms with Gasteiger partial charge in [0.05, 0.1) is 52.4 Å². The monoisotopic (exact) mass is 651 g/mol. The van der Waals surface area contributed by atoms with Crippen LogP contribution in [-0.4, -0.2) is 64.3 Å². The van der Waals surface area contributed by atoms with Crippen molar-refractivity contribution in [2.24, 2.45) is 10.9 Å². The number of halogens is 3. The molecule has 0 saturated carbocycles. The molecule has 1 aliphatic heterocycles. The standard InChI is InChI=1S/C22H28FI2N5O/c1-14(2)20-21(27-7-6-24)16(10-26)9-18(23)22(20)29-11-15(3)8-17(12-29)30(25)19(31)13-28(4)5/h6-7,9,15,17H,8,11-13H2,1-5H3/b7-6-,27-21?/t15-,17+/m0/s1. The minimum absolute atomic E-state index is 0.0336. The first-order valence-corrected chi connectivity index (χ1v) is 12.2. The maximum absolute atomic E-state index is 15.4. The summed E-state index contributed by atoms with van der Waals surface area (Å²) in [6, 6.07) is 2.04. The van der Waals surface area contributed by atoms with Crippen LogP contribution >= 0.6 is 45.5 Å². The van der Waals surface area contributed by atoms with Crippen LogP contribution in [0.15, 0.2) is 49.6 Å². The van der Waals surface area contributed by atoms with E-state index >= 15 is 4.39 Å². The van der Waals surface area contributed by atoms with Gasteiger partial charge in [-0.3, -0.25) is 12.9 Å². The van der Waals surface area contributed by atoms with E-state index in [1.165, 1.54) is 6.08 Å².